The van der Waals surface area contributed by atoms with E-state index >= 15 is 0 Å². The molecule has 1 aromatic heterocycles. The molecule has 2 aromatic carbocycles. The molecule has 0 aliphatic carbocycles. The first kappa shape index (κ1) is 20.6. The number of halogens is 3. The second kappa shape index (κ2) is 7.89. The van der Waals surface area contributed by atoms with Gasteiger partial charge in [-0.15, -0.1) is 0 Å². The average molecular weight is 433 g/mol. The van der Waals surface area contributed by atoms with E-state index in [4.69, 9.17) is 0 Å². The summed E-state index contributed by atoms with van der Waals surface area (Å²) in [4.78, 5) is 30.5. The van der Waals surface area contributed by atoms with E-state index < -0.39 is 29.4 Å². The van der Waals surface area contributed by atoms with Crippen molar-refractivity contribution >= 4 is 28.3 Å². The number of piperazine rings is 1. The van der Waals surface area contributed by atoms with E-state index in [0.29, 0.717) is 18.8 Å². The molecule has 0 bridgehead atoms. The molecule has 0 N–H and O–H groups in total. The topological polar surface area (TPSA) is 84.5 Å². The number of alkyl halides is 3. The maximum Gasteiger partial charge on any atom is 0.449 e. The quantitative estimate of drug-likeness (QED) is 0.466. The number of hydrogen-bond acceptors (Lipinski definition) is 5. The summed E-state index contributed by atoms with van der Waals surface area (Å²) in [5.41, 5.74) is 0.840. The lowest BCUT2D eigenvalue weighted by atomic mass is 10.2. The highest BCUT2D eigenvalue weighted by molar-refractivity contribution is 5.81. The lowest BCUT2D eigenvalue weighted by molar-refractivity contribution is -0.384. The third-order valence-corrected chi connectivity index (χ3v) is 5.25. The van der Waals surface area contributed by atoms with E-state index in [-0.39, 0.29) is 29.8 Å². The SMILES string of the molecule is O=C(Cn1c(C(F)(F)F)nc2ccccc21)N1CCN(c2ccccc2[N+](=O)[O-])CC1. The lowest BCUT2D eigenvalue weighted by Crippen LogP contribution is -2.49. The number of nitrogens with zero attached hydrogens (tertiary/aromatic N) is 5. The largest absolute Gasteiger partial charge is 0.449 e. The Kier molecular flexibility index (Phi) is 5.25. The van der Waals surface area contributed by atoms with E-state index in [1.54, 1.807) is 35.2 Å². The van der Waals surface area contributed by atoms with Gasteiger partial charge in [0.1, 0.15) is 12.2 Å². The predicted molar refractivity (Wildman–Crippen MR) is 107 cm³/mol. The van der Waals surface area contributed by atoms with Crippen molar-refractivity contribution < 1.29 is 22.9 Å². The number of benzene rings is 2. The van der Waals surface area contributed by atoms with Crippen LogP contribution in [0, 0.1) is 10.1 Å². The number of hydrogen-bond donors (Lipinski definition) is 0. The van der Waals surface area contributed by atoms with Crippen molar-refractivity contribution in [3.05, 3.63) is 64.5 Å². The summed E-state index contributed by atoms with van der Waals surface area (Å²) in [7, 11) is 0. The summed E-state index contributed by atoms with van der Waals surface area (Å²) >= 11 is 0. The van der Waals surface area contributed by atoms with Crippen LogP contribution in [0.15, 0.2) is 48.5 Å². The average Bonchev–Trinajstić information content (AvgIpc) is 3.13. The molecule has 0 spiro atoms. The Morgan fingerprint density at radius 3 is 2.35 bits per heavy atom. The van der Waals surface area contributed by atoms with E-state index in [0.717, 1.165) is 4.57 Å². The predicted octanol–water partition coefficient (Wildman–Crippen LogP) is 3.31. The summed E-state index contributed by atoms with van der Waals surface area (Å²) in [5.74, 6) is -1.57. The normalized spacial score (nSPS) is 14.8. The molecule has 1 aliphatic heterocycles. The molecule has 1 saturated heterocycles. The maximum absolute atomic E-state index is 13.5. The highest BCUT2D eigenvalue weighted by Gasteiger charge is 2.38. The van der Waals surface area contributed by atoms with Crippen LogP contribution in [0.3, 0.4) is 0 Å². The fourth-order valence-electron chi connectivity index (χ4n) is 3.77. The Bertz CT molecular complexity index is 1140. The molecule has 4 rings (SSSR count). The van der Waals surface area contributed by atoms with Crippen LogP contribution in [0.4, 0.5) is 24.5 Å². The van der Waals surface area contributed by atoms with E-state index in [1.165, 1.54) is 23.1 Å². The van der Waals surface area contributed by atoms with Crippen molar-refractivity contribution in [2.75, 3.05) is 31.1 Å². The number of nitro groups is 1. The molecule has 0 saturated carbocycles. The van der Waals surface area contributed by atoms with Crippen molar-refractivity contribution in [1.82, 2.24) is 14.5 Å². The zero-order chi connectivity index (χ0) is 22.2. The van der Waals surface area contributed by atoms with Gasteiger partial charge in [0.05, 0.1) is 16.0 Å². The third-order valence-electron chi connectivity index (χ3n) is 5.25. The zero-order valence-electron chi connectivity index (χ0n) is 16.2. The van der Waals surface area contributed by atoms with Gasteiger partial charge >= 0.3 is 6.18 Å². The van der Waals surface area contributed by atoms with Crippen LogP contribution in [-0.4, -0.2) is 51.5 Å². The first-order valence-corrected chi connectivity index (χ1v) is 9.54. The maximum atomic E-state index is 13.5. The summed E-state index contributed by atoms with van der Waals surface area (Å²) in [6, 6.07) is 12.5. The number of anilines is 1. The standard InChI is InChI=1S/C20H18F3N5O3/c21-20(22,23)19-24-14-5-1-2-6-15(14)27(19)13-18(29)26-11-9-25(10-12-26)16-7-3-4-8-17(16)28(30)31/h1-8H,9-13H2. The number of carbonyl (C=O) groups excluding carboxylic acids is 1. The van der Waals surface area contributed by atoms with Crippen LogP contribution in [0.25, 0.3) is 11.0 Å². The highest BCUT2D eigenvalue weighted by Crippen LogP contribution is 2.32. The second-order valence-corrected chi connectivity index (χ2v) is 7.12. The Hall–Kier alpha value is -3.63. The van der Waals surface area contributed by atoms with E-state index in [2.05, 4.69) is 4.98 Å². The van der Waals surface area contributed by atoms with Crippen LogP contribution >= 0.6 is 0 Å². The van der Waals surface area contributed by atoms with Crippen molar-refractivity contribution in [3.63, 3.8) is 0 Å². The monoisotopic (exact) mass is 433 g/mol. The molecule has 11 heteroatoms. The minimum Gasteiger partial charge on any atom is -0.362 e. The molecule has 8 nitrogen and oxygen atoms in total. The van der Waals surface area contributed by atoms with Gasteiger partial charge in [0.15, 0.2) is 0 Å². The number of imidazole rings is 1. The van der Waals surface area contributed by atoms with Gasteiger partial charge in [0.25, 0.3) is 5.69 Å². The fraction of sp³-hybridized carbons (Fsp3) is 0.300. The van der Waals surface area contributed by atoms with E-state index in [1.807, 2.05) is 0 Å². The molecule has 0 unspecified atom stereocenters. The first-order valence-electron chi connectivity index (χ1n) is 9.54. The fourth-order valence-corrected chi connectivity index (χ4v) is 3.77. The molecule has 0 radical (unpaired) electrons. The minimum absolute atomic E-state index is 0.0259. The molecule has 1 fully saturated rings. The molecule has 1 aliphatic rings. The highest BCUT2D eigenvalue weighted by atomic mass is 19.4. The molecule has 1 amide bonds. The minimum atomic E-state index is -4.69. The number of amides is 1. The second-order valence-electron chi connectivity index (χ2n) is 7.12. The molecule has 2 heterocycles. The number of fused-ring (bicyclic) bond motifs is 1. The number of nitro benzene ring substituents is 1. The van der Waals surface area contributed by atoms with Crippen LogP contribution in [0.5, 0.6) is 0 Å². The summed E-state index contributed by atoms with van der Waals surface area (Å²) < 4.78 is 41.2. The van der Waals surface area contributed by atoms with E-state index in [9.17, 15) is 28.1 Å². The van der Waals surface area contributed by atoms with Crippen LogP contribution in [0.2, 0.25) is 0 Å². The van der Waals surface area contributed by atoms with Gasteiger partial charge in [-0.2, -0.15) is 13.2 Å². The number of carbonyl (C=O) groups is 1. The third kappa shape index (κ3) is 4.03. The van der Waals surface area contributed by atoms with Crippen molar-refractivity contribution in [2.24, 2.45) is 0 Å². The number of aromatic nitrogens is 2. The molecule has 3 aromatic rings. The first-order chi connectivity index (χ1) is 14.8. The van der Waals surface area contributed by atoms with Gasteiger partial charge < -0.3 is 14.4 Å². The van der Waals surface area contributed by atoms with Crippen molar-refractivity contribution in [2.45, 2.75) is 12.7 Å². The Balaban J connectivity index is 1.50. The molecule has 31 heavy (non-hydrogen) atoms. The van der Waals surface area contributed by atoms with Crippen LogP contribution in [-0.2, 0) is 17.5 Å². The van der Waals surface area contributed by atoms with Crippen molar-refractivity contribution in [1.29, 1.82) is 0 Å². The smallest absolute Gasteiger partial charge is 0.362 e. The summed E-state index contributed by atoms with van der Waals surface area (Å²) in [5, 5.41) is 11.2. The van der Waals surface area contributed by atoms with Crippen molar-refractivity contribution in [3.8, 4) is 0 Å². The van der Waals surface area contributed by atoms with Crippen LogP contribution in [0.1, 0.15) is 5.82 Å². The molecular formula is C20H18F3N5O3. The summed E-state index contributed by atoms with van der Waals surface area (Å²) in [6.45, 7) is 0.694. The number of para-hydroxylation sites is 4. The Labute approximate surface area is 174 Å². The van der Waals surface area contributed by atoms with Gasteiger partial charge in [0.2, 0.25) is 11.7 Å². The Morgan fingerprint density at radius 1 is 1.03 bits per heavy atom. The van der Waals surface area contributed by atoms with Gasteiger partial charge in [-0.05, 0) is 18.2 Å². The van der Waals surface area contributed by atoms with Crippen LogP contribution < -0.4 is 4.90 Å². The summed E-state index contributed by atoms with van der Waals surface area (Å²) in [6.07, 6.45) is -4.69. The van der Waals surface area contributed by atoms with Gasteiger partial charge in [-0.1, -0.05) is 24.3 Å². The molecule has 162 valence electrons. The van der Waals surface area contributed by atoms with Gasteiger partial charge in [-0.25, -0.2) is 4.98 Å². The number of rotatable bonds is 4. The zero-order valence-corrected chi connectivity index (χ0v) is 16.2. The molecule has 0 atom stereocenters. The van der Waals surface area contributed by atoms with Gasteiger partial charge in [0, 0.05) is 32.2 Å². The van der Waals surface area contributed by atoms with Gasteiger partial charge in [-0.3, -0.25) is 14.9 Å². The lowest BCUT2D eigenvalue weighted by Gasteiger charge is -2.36. The Morgan fingerprint density at radius 2 is 1.68 bits per heavy atom. The molecular weight excluding hydrogens is 415 g/mol.